The first-order valence-corrected chi connectivity index (χ1v) is 9.26. The molecule has 0 aliphatic carbocycles. The van der Waals surface area contributed by atoms with Crippen molar-refractivity contribution in [2.24, 2.45) is 0 Å². The van der Waals surface area contributed by atoms with E-state index in [1.165, 1.54) is 20.0 Å². The lowest BCUT2D eigenvalue weighted by molar-refractivity contribution is -0.975. The van der Waals surface area contributed by atoms with Crippen LogP contribution < -0.4 is 17.1 Å². The molecule has 4 aliphatic heterocycles. The van der Waals surface area contributed by atoms with Crippen molar-refractivity contribution in [2.75, 3.05) is 46.6 Å². The normalized spacial score (nSPS) is 32.4. The summed E-state index contributed by atoms with van der Waals surface area (Å²) in [5.41, 5.74) is 2.58. The minimum absolute atomic E-state index is 0. The van der Waals surface area contributed by atoms with E-state index in [4.69, 9.17) is 11.6 Å². The zero-order valence-electron chi connectivity index (χ0n) is 13.8. The molecule has 4 aliphatic rings. The minimum atomic E-state index is 0. The smallest absolute Gasteiger partial charge is 0.257 e. The second kappa shape index (κ2) is 7.75. The zero-order valence-corrected chi connectivity index (χ0v) is 16.1. The number of nitrogens with zero attached hydrogens (tertiary/aromatic N) is 4. The van der Waals surface area contributed by atoms with Crippen molar-refractivity contribution in [3.63, 3.8) is 0 Å². The van der Waals surface area contributed by atoms with Crippen LogP contribution in [0.3, 0.4) is 0 Å². The standard InChI is InChI=1S/C9H16ClN4.C7H5NOS.ClH/c10-2-1-3-14-7-11-4-12(8-14)6-13(5-11)9-14;9-7-5-3-1-2-4-6(5)8-10-7;/h1-2H,3-9H2;1-4,8H;1H/q+1;;/p-1. The first-order valence-electron chi connectivity index (χ1n) is 8.01. The number of quaternary nitrogens is 1. The summed E-state index contributed by atoms with van der Waals surface area (Å²) in [6.07, 6.45) is 2.08. The summed E-state index contributed by atoms with van der Waals surface area (Å²) in [6, 6.07) is 7.49. The summed E-state index contributed by atoms with van der Waals surface area (Å²) in [6.45, 7) is 8.09. The number of hydrogen-bond donors (Lipinski definition) is 1. The van der Waals surface area contributed by atoms with Crippen molar-refractivity contribution >= 4 is 34.0 Å². The first-order chi connectivity index (χ1) is 11.7. The van der Waals surface area contributed by atoms with Crippen LogP contribution in [0.4, 0.5) is 0 Å². The molecule has 4 saturated heterocycles. The lowest BCUT2D eigenvalue weighted by Crippen LogP contribution is -3.00. The van der Waals surface area contributed by atoms with Gasteiger partial charge in [0.15, 0.2) is 0 Å². The summed E-state index contributed by atoms with van der Waals surface area (Å²) in [5.74, 6) is 0. The quantitative estimate of drug-likeness (QED) is 0.644. The molecule has 2 aromatic rings. The van der Waals surface area contributed by atoms with Crippen molar-refractivity contribution < 1.29 is 16.9 Å². The molecular formula is C16H21Cl2N5OS. The Bertz CT molecular complexity index is 770. The van der Waals surface area contributed by atoms with Gasteiger partial charge in [0.25, 0.3) is 4.74 Å². The van der Waals surface area contributed by atoms with Gasteiger partial charge in [-0.3, -0.25) is 9.28 Å². The van der Waals surface area contributed by atoms with Gasteiger partial charge >= 0.3 is 0 Å². The second-order valence-corrected chi connectivity index (χ2v) is 7.82. The molecule has 25 heavy (non-hydrogen) atoms. The number of rotatable bonds is 2. The van der Waals surface area contributed by atoms with E-state index in [-0.39, 0.29) is 17.1 Å². The number of nitrogens with one attached hydrogen (secondary N) is 1. The molecule has 0 unspecified atom stereocenters. The molecule has 0 atom stereocenters. The topological polar surface area (TPSA) is 42.6 Å². The molecule has 136 valence electrons. The Morgan fingerprint density at radius 2 is 1.72 bits per heavy atom. The van der Waals surface area contributed by atoms with Gasteiger partial charge in [0.2, 0.25) is 0 Å². The summed E-state index contributed by atoms with van der Waals surface area (Å²) in [4.78, 5) is 18.5. The molecule has 0 spiro atoms. The summed E-state index contributed by atoms with van der Waals surface area (Å²) >= 11 is 6.75. The largest absolute Gasteiger partial charge is 1.00 e. The zero-order chi connectivity index (χ0) is 16.6. The van der Waals surface area contributed by atoms with Gasteiger partial charge in [-0.05, 0) is 29.7 Å². The molecule has 0 amide bonds. The van der Waals surface area contributed by atoms with Gasteiger partial charge in [0, 0.05) is 5.54 Å². The highest BCUT2D eigenvalue weighted by Crippen LogP contribution is 2.28. The maximum atomic E-state index is 11.0. The van der Waals surface area contributed by atoms with Gasteiger partial charge in [-0.15, -0.1) is 0 Å². The van der Waals surface area contributed by atoms with Crippen LogP contribution in [-0.4, -0.2) is 70.1 Å². The molecule has 6 nitrogen and oxygen atoms in total. The summed E-state index contributed by atoms with van der Waals surface area (Å²) in [7, 11) is 0. The highest BCUT2D eigenvalue weighted by Gasteiger charge is 2.47. The molecular weight excluding hydrogens is 381 g/mol. The van der Waals surface area contributed by atoms with E-state index in [2.05, 4.69) is 25.1 Å². The third-order valence-corrected chi connectivity index (χ3v) is 5.59. The van der Waals surface area contributed by atoms with Crippen LogP contribution in [0.25, 0.3) is 10.9 Å². The van der Waals surface area contributed by atoms with E-state index < -0.39 is 0 Å². The van der Waals surface area contributed by atoms with Gasteiger partial charge in [0.05, 0.1) is 30.9 Å². The van der Waals surface area contributed by atoms with Gasteiger partial charge in [-0.25, -0.2) is 14.7 Å². The van der Waals surface area contributed by atoms with Crippen LogP contribution in [0.2, 0.25) is 0 Å². The lowest BCUT2D eigenvalue weighted by atomic mass is 10.3. The summed E-state index contributed by atoms with van der Waals surface area (Å²) < 4.78 is 4.17. The number of hydrogen-bond acceptors (Lipinski definition) is 5. The maximum absolute atomic E-state index is 11.0. The Hall–Kier alpha value is -0.930. The van der Waals surface area contributed by atoms with Crippen molar-refractivity contribution in [3.05, 3.63) is 45.4 Å². The van der Waals surface area contributed by atoms with Gasteiger partial charge in [0.1, 0.15) is 26.6 Å². The van der Waals surface area contributed by atoms with Crippen LogP contribution >= 0.6 is 23.1 Å². The Labute approximate surface area is 162 Å². The van der Waals surface area contributed by atoms with Crippen molar-refractivity contribution in [1.29, 1.82) is 0 Å². The second-order valence-electron chi connectivity index (χ2n) is 6.78. The van der Waals surface area contributed by atoms with E-state index in [1.54, 1.807) is 5.54 Å². The molecule has 5 heterocycles. The Morgan fingerprint density at radius 1 is 1.12 bits per heavy atom. The summed E-state index contributed by atoms with van der Waals surface area (Å²) in [5, 5.41) is 0.785. The Kier molecular flexibility index (Phi) is 5.85. The average molecular weight is 402 g/mol. The number of H-pyrrole nitrogens is 1. The molecule has 4 bridgehead atoms. The fourth-order valence-electron chi connectivity index (χ4n) is 4.00. The van der Waals surface area contributed by atoms with Crippen LogP contribution in [0, 0.1) is 0 Å². The highest BCUT2D eigenvalue weighted by atomic mass is 35.5. The van der Waals surface area contributed by atoms with E-state index >= 15 is 0 Å². The fraction of sp³-hybridized carbons (Fsp3) is 0.438. The predicted molar refractivity (Wildman–Crippen MR) is 97.3 cm³/mol. The Morgan fingerprint density at radius 3 is 2.28 bits per heavy atom. The van der Waals surface area contributed by atoms with Crippen LogP contribution in [-0.2, 0) is 0 Å². The van der Waals surface area contributed by atoms with Crippen molar-refractivity contribution in [1.82, 2.24) is 19.1 Å². The maximum Gasteiger partial charge on any atom is 0.257 e. The van der Waals surface area contributed by atoms with Crippen molar-refractivity contribution in [2.45, 2.75) is 0 Å². The van der Waals surface area contributed by atoms with Crippen LogP contribution in [0.15, 0.2) is 40.7 Å². The van der Waals surface area contributed by atoms with Crippen LogP contribution in [0.5, 0.6) is 0 Å². The monoisotopic (exact) mass is 401 g/mol. The SMILES string of the molecule is ClC=CC[N+]12CN3CN(CN(C3)C1)C2.O=c1s[nH]c2ccccc12.[Cl-]. The third kappa shape index (κ3) is 3.93. The number of benzene rings is 1. The van der Waals surface area contributed by atoms with Gasteiger partial charge in [-0.1, -0.05) is 23.7 Å². The van der Waals surface area contributed by atoms with Gasteiger partial charge < -0.3 is 16.8 Å². The van der Waals surface area contributed by atoms with E-state index in [9.17, 15) is 4.79 Å². The minimum Gasteiger partial charge on any atom is -1.00 e. The number of aromatic amines is 1. The van der Waals surface area contributed by atoms with Gasteiger partial charge in [-0.2, -0.15) is 0 Å². The predicted octanol–water partition coefficient (Wildman–Crippen LogP) is -1.16. The fourth-order valence-corrected chi connectivity index (χ4v) is 4.75. The Balaban J connectivity index is 0.000000148. The third-order valence-electron chi connectivity index (χ3n) is 4.68. The average Bonchev–Trinajstić information content (AvgIpc) is 2.94. The highest BCUT2D eigenvalue weighted by molar-refractivity contribution is 7.04. The molecule has 9 heteroatoms. The number of para-hydroxylation sites is 1. The molecule has 1 aromatic heterocycles. The van der Waals surface area contributed by atoms with E-state index in [1.807, 2.05) is 24.3 Å². The molecule has 1 N–H and O–H groups in total. The first kappa shape index (κ1) is 18.8. The van der Waals surface area contributed by atoms with E-state index in [0.717, 1.165) is 53.5 Å². The van der Waals surface area contributed by atoms with E-state index in [0.29, 0.717) is 0 Å². The number of fused-ring (bicyclic) bond motifs is 1. The molecule has 0 saturated carbocycles. The molecule has 6 rings (SSSR count). The molecule has 4 fully saturated rings. The number of halogens is 2. The van der Waals surface area contributed by atoms with Crippen LogP contribution in [0.1, 0.15) is 0 Å². The number of aromatic nitrogens is 1. The lowest BCUT2D eigenvalue weighted by Gasteiger charge is -2.60. The molecule has 1 aromatic carbocycles. The molecule has 0 radical (unpaired) electrons. The van der Waals surface area contributed by atoms with Crippen molar-refractivity contribution in [3.8, 4) is 0 Å².